The first-order valence-corrected chi connectivity index (χ1v) is 13.2. The molecule has 0 radical (unpaired) electrons. The van der Waals surface area contributed by atoms with Crippen LogP contribution in [0.15, 0.2) is 42.7 Å². The highest BCUT2D eigenvalue weighted by molar-refractivity contribution is 6.11. The fourth-order valence-electron chi connectivity index (χ4n) is 6.70. The van der Waals surface area contributed by atoms with Crippen molar-refractivity contribution >= 4 is 17.3 Å². The zero-order valence-corrected chi connectivity index (χ0v) is 21.8. The van der Waals surface area contributed by atoms with Gasteiger partial charge in [0.15, 0.2) is 0 Å². The molecule has 0 spiro atoms. The second-order valence-electron chi connectivity index (χ2n) is 11.4. The molecule has 2 aromatic carbocycles. The Kier molecular flexibility index (Phi) is 5.38. The van der Waals surface area contributed by atoms with Crippen LogP contribution < -0.4 is 9.80 Å². The molecule has 7 rings (SSSR count). The number of piperazine rings is 1. The summed E-state index contributed by atoms with van der Waals surface area (Å²) >= 11 is 0. The van der Waals surface area contributed by atoms with E-state index in [0.29, 0.717) is 43.6 Å². The summed E-state index contributed by atoms with van der Waals surface area (Å²) < 4.78 is 50.4. The number of aryl methyl sites for hydroxylation is 1. The number of hydrogen-bond donors (Lipinski definition) is 0. The molecule has 0 unspecified atom stereocenters. The van der Waals surface area contributed by atoms with Gasteiger partial charge in [-0.05, 0) is 48.9 Å². The van der Waals surface area contributed by atoms with Gasteiger partial charge in [0, 0.05) is 61.0 Å². The van der Waals surface area contributed by atoms with Gasteiger partial charge in [0.1, 0.15) is 12.2 Å². The minimum absolute atomic E-state index is 0.0453. The minimum atomic E-state index is -4.56. The van der Waals surface area contributed by atoms with Crippen LogP contribution in [0, 0.1) is 0 Å². The summed E-state index contributed by atoms with van der Waals surface area (Å²) in [7, 11) is 3.94. The first-order chi connectivity index (χ1) is 18.6. The van der Waals surface area contributed by atoms with Gasteiger partial charge < -0.3 is 19.1 Å². The van der Waals surface area contributed by atoms with Crippen molar-refractivity contribution in [3.63, 3.8) is 0 Å². The first kappa shape index (κ1) is 24.6. The molecule has 4 aliphatic rings. The van der Waals surface area contributed by atoms with Crippen molar-refractivity contribution in [3.05, 3.63) is 70.8 Å². The van der Waals surface area contributed by atoms with Crippen molar-refractivity contribution in [3.8, 4) is 0 Å². The van der Waals surface area contributed by atoms with Crippen LogP contribution in [0.25, 0.3) is 0 Å². The Hall–Kier alpha value is -3.44. The molecule has 1 aromatic heterocycles. The fourth-order valence-corrected chi connectivity index (χ4v) is 6.70. The van der Waals surface area contributed by atoms with Gasteiger partial charge in [-0.15, -0.1) is 10.2 Å². The lowest BCUT2D eigenvalue weighted by atomic mass is 9.75. The Morgan fingerprint density at radius 1 is 1.08 bits per heavy atom. The first-order valence-electron chi connectivity index (χ1n) is 13.2. The molecule has 3 fully saturated rings. The molecule has 2 atom stereocenters. The highest BCUT2D eigenvalue weighted by atomic mass is 19.4. The highest BCUT2D eigenvalue weighted by Gasteiger charge is 2.46. The van der Waals surface area contributed by atoms with Crippen LogP contribution in [0.4, 0.5) is 24.5 Å². The Morgan fingerprint density at radius 3 is 2.51 bits per heavy atom. The Bertz CT molecular complexity index is 1460. The minimum Gasteiger partial charge on any atom is -0.379 e. The summed E-state index contributed by atoms with van der Waals surface area (Å²) in [5, 5.41) is 8.19. The van der Waals surface area contributed by atoms with E-state index in [1.807, 2.05) is 34.7 Å². The maximum atomic E-state index is 14.3. The van der Waals surface area contributed by atoms with Crippen molar-refractivity contribution in [2.75, 3.05) is 43.2 Å². The second kappa shape index (κ2) is 8.53. The van der Waals surface area contributed by atoms with Crippen LogP contribution in [-0.2, 0) is 36.3 Å². The van der Waals surface area contributed by atoms with Crippen molar-refractivity contribution in [1.29, 1.82) is 0 Å². The van der Waals surface area contributed by atoms with E-state index in [1.54, 1.807) is 18.5 Å². The molecule has 5 heterocycles. The fraction of sp³-hybridized carbons (Fsp3) is 0.464. The third-order valence-electron chi connectivity index (χ3n) is 9.01. The zero-order valence-electron chi connectivity index (χ0n) is 21.8. The maximum absolute atomic E-state index is 14.3. The van der Waals surface area contributed by atoms with E-state index in [4.69, 9.17) is 4.74 Å². The average molecular weight is 539 g/mol. The molecule has 11 heteroatoms. The molecule has 8 nitrogen and oxygen atoms in total. The highest BCUT2D eigenvalue weighted by Crippen LogP contribution is 2.44. The van der Waals surface area contributed by atoms with Crippen LogP contribution >= 0.6 is 0 Å². The van der Waals surface area contributed by atoms with E-state index in [-0.39, 0.29) is 29.1 Å². The van der Waals surface area contributed by atoms with Crippen molar-refractivity contribution in [2.45, 2.75) is 43.1 Å². The molecular weight excluding hydrogens is 509 g/mol. The van der Waals surface area contributed by atoms with Gasteiger partial charge >= 0.3 is 6.18 Å². The summed E-state index contributed by atoms with van der Waals surface area (Å²) in [6, 6.07) is 10.9. The number of aromatic nitrogens is 3. The van der Waals surface area contributed by atoms with Gasteiger partial charge in [-0.25, -0.2) is 0 Å². The number of carbonyl (C=O) groups is 1. The number of anilines is 2. The largest absolute Gasteiger partial charge is 0.416 e. The van der Waals surface area contributed by atoms with E-state index in [0.717, 1.165) is 24.4 Å². The summed E-state index contributed by atoms with van der Waals surface area (Å²) in [5.74, 6) is 0.417. The quantitative estimate of drug-likeness (QED) is 0.496. The predicted molar refractivity (Wildman–Crippen MR) is 138 cm³/mol. The molecule has 0 saturated carbocycles. The summed E-state index contributed by atoms with van der Waals surface area (Å²) in [6.45, 7) is 2.36. The Balaban J connectivity index is 1.23. The number of amides is 1. The second-order valence-corrected chi connectivity index (χ2v) is 11.4. The zero-order chi connectivity index (χ0) is 27.1. The number of alkyl halides is 3. The Labute approximate surface area is 224 Å². The number of fused-ring (bicyclic) bond motifs is 3. The van der Waals surface area contributed by atoms with Gasteiger partial charge in [0.25, 0.3) is 5.91 Å². The van der Waals surface area contributed by atoms with Gasteiger partial charge in [-0.3, -0.25) is 9.69 Å². The smallest absolute Gasteiger partial charge is 0.379 e. The Morgan fingerprint density at radius 2 is 1.90 bits per heavy atom. The number of carbonyl (C=O) groups excluding carboxylic acids is 1. The third kappa shape index (κ3) is 3.85. The van der Waals surface area contributed by atoms with Crippen molar-refractivity contribution in [2.24, 2.45) is 7.05 Å². The molecule has 4 aliphatic heterocycles. The summed E-state index contributed by atoms with van der Waals surface area (Å²) in [6.07, 6.45) is -1.37. The number of likely N-dealkylation sites (tertiary alicyclic amines) is 1. The monoisotopic (exact) mass is 538 g/mol. The number of benzene rings is 2. The lowest BCUT2D eigenvalue weighted by Gasteiger charge is -2.42. The average Bonchev–Trinajstić information content (AvgIpc) is 3.64. The molecule has 204 valence electrons. The number of likely N-dealkylation sites (N-methyl/N-ethyl adjacent to an activating group) is 1. The number of halogens is 3. The summed E-state index contributed by atoms with van der Waals surface area (Å²) in [4.78, 5) is 19.4. The normalized spacial score (nSPS) is 24.0. The van der Waals surface area contributed by atoms with E-state index in [1.165, 1.54) is 11.0 Å². The topological polar surface area (TPSA) is 66.7 Å². The lowest BCUT2D eigenvalue weighted by molar-refractivity contribution is -0.138. The predicted octanol–water partition coefficient (Wildman–Crippen LogP) is 3.40. The van der Waals surface area contributed by atoms with Gasteiger partial charge in [0.05, 0.1) is 25.3 Å². The maximum Gasteiger partial charge on any atom is 0.416 e. The van der Waals surface area contributed by atoms with Gasteiger partial charge in [-0.1, -0.05) is 12.1 Å². The van der Waals surface area contributed by atoms with Crippen LogP contribution in [0.1, 0.15) is 39.3 Å². The SMILES string of the molecule is CN1C[C@H]2C[C@@H]1CN2c1cc2c(c(C(F)(F)F)c1)CN(c1cccc(C3(Cc4nncn4C)COC3)c1)C2=O. The summed E-state index contributed by atoms with van der Waals surface area (Å²) in [5.41, 5.74) is 1.16. The molecule has 0 N–H and O–H groups in total. The van der Waals surface area contributed by atoms with E-state index >= 15 is 0 Å². The van der Waals surface area contributed by atoms with Gasteiger partial charge in [-0.2, -0.15) is 13.2 Å². The number of rotatable bonds is 5. The van der Waals surface area contributed by atoms with E-state index < -0.39 is 17.6 Å². The van der Waals surface area contributed by atoms with E-state index in [2.05, 4.69) is 22.1 Å². The molecule has 3 aromatic rings. The molecule has 3 saturated heterocycles. The third-order valence-corrected chi connectivity index (χ3v) is 9.01. The van der Waals surface area contributed by atoms with Crippen LogP contribution in [0.5, 0.6) is 0 Å². The molecule has 0 aliphatic carbocycles. The van der Waals surface area contributed by atoms with Crippen LogP contribution in [0.3, 0.4) is 0 Å². The number of hydrogen-bond acceptors (Lipinski definition) is 6. The number of nitrogens with zero attached hydrogens (tertiary/aromatic N) is 6. The van der Waals surface area contributed by atoms with Crippen molar-refractivity contribution < 1.29 is 22.7 Å². The molecule has 39 heavy (non-hydrogen) atoms. The van der Waals surface area contributed by atoms with E-state index in [9.17, 15) is 18.0 Å². The molecule has 2 bridgehead atoms. The lowest BCUT2D eigenvalue weighted by Crippen LogP contribution is -2.49. The molecule has 1 amide bonds. The molecular formula is C28H29F3N6O2. The van der Waals surface area contributed by atoms with Crippen LogP contribution in [-0.4, -0.2) is 71.0 Å². The number of ether oxygens (including phenoxy) is 1. The van der Waals surface area contributed by atoms with Gasteiger partial charge in [0.2, 0.25) is 0 Å². The van der Waals surface area contributed by atoms with Crippen LogP contribution in [0.2, 0.25) is 0 Å². The standard InChI is InChI=1S/C28H29F3N6O2/c1-34-11-21-7-20(34)12-36(21)19-8-22-23(24(9-19)28(29,30)31)13-37(26(22)38)18-5-3-4-17(6-18)27(14-39-15-27)10-25-33-32-16-35(25)2/h3-6,8-9,16,20-21H,7,10-15H2,1-2H3/t20-,21-/m1/s1. The van der Waals surface area contributed by atoms with Crippen molar-refractivity contribution in [1.82, 2.24) is 19.7 Å².